The number of ether oxygens (including phenoxy) is 2. The van der Waals surface area contributed by atoms with Crippen molar-refractivity contribution in [3.05, 3.63) is 119 Å². The summed E-state index contributed by atoms with van der Waals surface area (Å²) >= 11 is 6.13. The molecule has 0 spiro atoms. The van der Waals surface area contributed by atoms with Gasteiger partial charge in [0, 0.05) is 36.2 Å². The van der Waals surface area contributed by atoms with Crippen LogP contribution in [0, 0.1) is 5.82 Å². The molecule has 0 saturated carbocycles. The molecule has 0 aliphatic rings. The molecule has 4 aromatic carbocycles. The van der Waals surface area contributed by atoms with Gasteiger partial charge in [-0.15, -0.1) is 0 Å². The van der Waals surface area contributed by atoms with Gasteiger partial charge in [0.25, 0.3) is 10.0 Å². The minimum Gasteiger partial charge on any atom is -0.493 e. The first kappa shape index (κ1) is 36.2. The average Bonchev–Trinajstić information content (AvgIpc) is 3.09. The maximum atomic E-state index is 15.1. The number of amides is 2. The summed E-state index contributed by atoms with van der Waals surface area (Å²) in [4.78, 5) is 29.4. The summed E-state index contributed by atoms with van der Waals surface area (Å²) in [6.45, 7) is 1.38. The van der Waals surface area contributed by atoms with Crippen molar-refractivity contribution in [2.45, 2.75) is 43.7 Å². The van der Waals surface area contributed by atoms with E-state index in [9.17, 15) is 18.0 Å². The van der Waals surface area contributed by atoms with Crippen LogP contribution in [-0.4, -0.2) is 58.5 Å². The second-order valence-corrected chi connectivity index (χ2v) is 13.3. The van der Waals surface area contributed by atoms with Crippen molar-refractivity contribution in [2.75, 3.05) is 31.6 Å². The lowest BCUT2D eigenvalue weighted by atomic mass is 10.0. The summed E-state index contributed by atoms with van der Waals surface area (Å²) in [6, 6.07) is 24.1. The van der Waals surface area contributed by atoms with E-state index in [4.69, 9.17) is 21.1 Å². The second kappa shape index (κ2) is 17.0. The third-order valence-corrected chi connectivity index (χ3v) is 9.76. The number of benzene rings is 4. The van der Waals surface area contributed by atoms with Crippen LogP contribution in [0.25, 0.3) is 0 Å². The summed E-state index contributed by atoms with van der Waals surface area (Å²) in [5, 5.41) is 3.27. The fourth-order valence-corrected chi connectivity index (χ4v) is 6.67. The van der Waals surface area contributed by atoms with Crippen molar-refractivity contribution in [2.24, 2.45) is 0 Å². The van der Waals surface area contributed by atoms with Gasteiger partial charge in [-0.05, 0) is 54.4 Å². The Balaban J connectivity index is 1.82. The number of unbranched alkanes of at least 4 members (excludes halogenated alkanes) is 1. The van der Waals surface area contributed by atoms with Crippen LogP contribution < -0.4 is 19.1 Å². The number of carbonyl (C=O) groups excluding carboxylic acids is 2. The average molecular weight is 696 g/mol. The zero-order valence-corrected chi connectivity index (χ0v) is 28.6. The summed E-state index contributed by atoms with van der Waals surface area (Å²) in [6.07, 6.45) is 1.67. The van der Waals surface area contributed by atoms with Crippen LogP contribution in [0.2, 0.25) is 5.02 Å². The molecule has 4 rings (SSSR count). The van der Waals surface area contributed by atoms with Crippen LogP contribution in [0.15, 0.2) is 102 Å². The number of anilines is 1. The number of methoxy groups -OCH3 is 2. The Morgan fingerprint density at radius 3 is 2.21 bits per heavy atom. The van der Waals surface area contributed by atoms with Crippen LogP contribution in [-0.2, 0) is 32.6 Å². The summed E-state index contributed by atoms with van der Waals surface area (Å²) in [5.41, 5.74) is 1.10. The molecule has 0 aromatic heterocycles. The SMILES string of the molecule is CCCCNC(=O)[C@H](Cc1ccccc1)N(Cc1ccccc1F)C(=O)CN(c1ccc(Cl)cc1)S(=O)(=O)c1ccc(OC)c(OC)c1. The fraction of sp³-hybridized carbons (Fsp3) is 0.278. The van der Waals surface area contributed by atoms with Gasteiger partial charge >= 0.3 is 0 Å². The van der Waals surface area contributed by atoms with Crippen molar-refractivity contribution in [1.82, 2.24) is 10.2 Å². The molecule has 254 valence electrons. The van der Waals surface area contributed by atoms with Gasteiger partial charge in [0.2, 0.25) is 11.8 Å². The van der Waals surface area contributed by atoms with E-state index in [-0.39, 0.29) is 34.9 Å². The van der Waals surface area contributed by atoms with Gasteiger partial charge in [-0.2, -0.15) is 0 Å². The molecule has 0 aliphatic carbocycles. The zero-order valence-electron chi connectivity index (χ0n) is 27.1. The molecule has 0 unspecified atom stereocenters. The monoisotopic (exact) mass is 695 g/mol. The fourth-order valence-electron chi connectivity index (χ4n) is 5.11. The Morgan fingerprint density at radius 1 is 0.896 bits per heavy atom. The number of sulfonamides is 1. The van der Waals surface area contributed by atoms with E-state index >= 15 is 4.39 Å². The molecule has 1 N–H and O–H groups in total. The van der Waals surface area contributed by atoms with Gasteiger partial charge in [0.15, 0.2) is 11.5 Å². The molecule has 0 fully saturated rings. The van der Waals surface area contributed by atoms with Crippen molar-refractivity contribution in [3.8, 4) is 11.5 Å². The molecule has 12 heteroatoms. The van der Waals surface area contributed by atoms with E-state index in [1.165, 1.54) is 79.8 Å². The summed E-state index contributed by atoms with van der Waals surface area (Å²) < 4.78 is 55.3. The van der Waals surface area contributed by atoms with E-state index in [1.54, 1.807) is 6.07 Å². The van der Waals surface area contributed by atoms with E-state index in [2.05, 4.69) is 5.32 Å². The molecule has 1 atom stereocenters. The molecule has 48 heavy (non-hydrogen) atoms. The lowest BCUT2D eigenvalue weighted by Gasteiger charge is -2.34. The predicted octanol–water partition coefficient (Wildman–Crippen LogP) is 6.25. The Labute approximate surface area is 286 Å². The number of hydrogen-bond donors (Lipinski definition) is 1. The van der Waals surface area contributed by atoms with E-state index in [0.29, 0.717) is 17.3 Å². The highest BCUT2D eigenvalue weighted by molar-refractivity contribution is 7.92. The van der Waals surface area contributed by atoms with Crippen molar-refractivity contribution < 1.29 is 31.9 Å². The largest absolute Gasteiger partial charge is 0.493 e. The molecule has 0 radical (unpaired) electrons. The number of nitrogens with zero attached hydrogens (tertiary/aromatic N) is 2. The molecule has 2 amide bonds. The molecule has 0 aliphatic heterocycles. The highest BCUT2D eigenvalue weighted by Crippen LogP contribution is 2.33. The Hall–Kier alpha value is -4.61. The third kappa shape index (κ3) is 9.05. The highest BCUT2D eigenvalue weighted by Gasteiger charge is 2.35. The van der Waals surface area contributed by atoms with Gasteiger partial charge in [0.05, 0.1) is 24.8 Å². The summed E-state index contributed by atoms with van der Waals surface area (Å²) in [5.74, 6) is -1.22. The van der Waals surface area contributed by atoms with Gasteiger partial charge < -0.3 is 19.7 Å². The molecular formula is C36H39ClFN3O6S. The number of carbonyl (C=O) groups is 2. The van der Waals surface area contributed by atoms with Gasteiger partial charge in [0.1, 0.15) is 18.4 Å². The van der Waals surface area contributed by atoms with E-state index < -0.39 is 40.2 Å². The van der Waals surface area contributed by atoms with Crippen molar-refractivity contribution in [1.29, 1.82) is 0 Å². The molecule has 4 aromatic rings. The van der Waals surface area contributed by atoms with E-state index in [1.807, 2.05) is 37.3 Å². The Bertz CT molecular complexity index is 1790. The third-order valence-electron chi connectivity index (χ3n) is 7.74. The van der Waals surface area contributed by atoms with Crippen LogP contribution in [0.4, 0.5) is 10.1 Å². The molecule has 9 nitrogen and oxygen atoms in total. The van der Waals surface area contributed by atoms with Gasteiger partial charge in [-0.3, -0.25) is 13.9 Å². The van der Waals surface area contributed by atoms with Crippen LogP contribution in [0.5, 0.6) is 11.5 Å². The van der Waals surface area contributed by atoms with Crippen molar-refractivity contribution >= 4 is 39.1 Å². The predicted molar refractivity (Wildman–Crippen MR) is 184 cm³/mol. The number of rotatable bonds is 16. The van der Waals surface area contributed by atoms with Gasteiger partial charge in [-0.25, -0.2) is 12.8 Å². The van der Waals surface area contributed by atoms with Crippen LogP contribution in [0.3, 0.4) is 0 Å². The smallest absolute Gasteiger partial charge is 0.264 e. The normalized spacial score (nSPS) is 11.8. The molecule has 0 bridgehead atoms. The highest BCUT2D eigenvalue weighted by atomic mass is 35.5. The number of hydrogen-bond acceptors (Lipinski definition) is 6. The number of halogens is 2. The van der Waals surface area contributed by atoms with Crippen molar-refractivity contribution in [3.63, 3.8) is 0 Å². The quantitative estimate of drug-likeness (QED) is 0.139. The molecule has 0 heterocycles. The first-order valence-corrected chi connectivity index (χ1v) is 17.3. The first-order chi connectivity index (χ1) is 23.1. The Kier molecular flexibility index (Phi) is 12.8. The van der Waals surface area contributed by atoms with E-state index in [0.717, 1.165) is 22.7 Å². The zero-order chi connectivity index (χ0) is 34.7. The molecular weight excluding hydrogens is 657 g/mol. The minimum atomic E-state index is -4.42. The van der Waals surface area contributed by atoms with Crippen LogP contribution >= 0.6 is 11.6 Å². The van der Waals surface area contributed by atoms with Gasteiger partial charge in [-0.1, -0.05) is 73.5 Å². The topological polar surface area (TPSA) is 105 Å². The van der Waals surface area contributed by atoms with Crippen LogP contribution in [0.1, 0.15) is 30.9 Å². The Morgan fingerprint density at radius 2 is 1.56 bits per heavy atom. The standard InChI is InChI=1S/C36H39ClFN3O6S/c1-4-5-21-39-36(43)32(22-26-11-7-6-8-12-26)40(24-27-13-9-10-14-31(27)38)35(42)25-41(29-17-15-28(37)16-18-29)48(44,45)30-19-20-33(46-2)34(23-30)47-3/h6-20,23,32H,4-5,21-22,24-25H2,1-3H3,(H,39,43)/t32-/m0/s1. The lowest BCUT2D eigenvalue weighted by molar-refractivity contribution is -0.140. The minimum absolute atomic E-state index is 0.113. The number of nitrogens with one attached hydrogen (secondary N) is 1. The maximum Gasteiger partial charge on any atom is 0.264 e. The first-order valence-electron chi connectivity index (χ1n) is 15.4. The molecule has 0 saturated heterocycles. The second-order valence-electron chi connectivity index (χ2n) is 11.0. The lowest BCUT2D eigenvalue weighted by Crippen LogP contribution is -2.53. The maximum absolute atomic E-state index is 15.1. The summed E-state index contributed by atoms with van der Waals surface area (Å²) in [7, 11) is -1.61.